The van der Waals surface area contributed by atoms with E-state index < -0.39 is 0 Å². The van der Waals surface area contributed by atoms with Crippen LogP contribution in [0.3, 0.4) is 0 Å². The number of benzene rings is 2. The van der Waals surface area contributed by atoms with E-state index >= 15 is 0 Å². The van der Waals surface area contributed by atoms with Gasteiger partial charge in [-0.2, -0.15) is 4.99 Å². The molecule has 2 N–H and O–H groups in total. The second-order valence-electron chi connectivity index (χ2n) is 8.22. The summed E-state index contributed by atoms with van der Waals surface area (Å²) < 4.78 is 24.9. The molecule has 196 valence electrons. The van der Waals surface area contributed by atoms with E-state index in [0.29, 0.717) is 11.4 Å². The maximum Gasteiger partial charge on any atom is 0.321 e. The van der Waals surface area contributed by atoms with Crippen molar-refractivity contribution in [2.45, 2.75) is 13.8 Å². The number of urea groups is 1. The fraction of sp³-hybridized carbons (Fsp3) is 0.462. The molecule has 10 heteroatoms. The molecule has 2 amide bonds. The number of piperazine rings is 2. The Labute approximate surface area is 212 Å². The van der Waals surface area contributed by atoms with Crippen LogP contribution < -0.4 is 10.6 Å². The van der Waals surface area contributed by atoms with E-state index in [1.165, 1.54) is 75.2 Å². The molecule has 0 bridgehead atoms. The Bertz CT molecular complexity index is 938. The zero-order chi connectivity index (χ0) is 26.2. The van der Waals surface area contributed by atoms with E-state index in [0.717, 1.165) is 32.7 Å². The number of aliphatic imine (C=N–C) groups is 1. The minimum absolute atomic E-state index is 0.114. The van der Waals surface area contributed by atoms with Gasteiger partial charge in [-0.15, -0.1) is 0 Å². The van der Waals surface area contributed by atoms with E-state index in [2.05, 4.69) is 39.3 Å². The number of anilines is 1. The molecule has 2 aromatic carbocycles. The lowest BCUT2D eigenvalue weighted by Crippen LogP contribution is -2.49. The molecule has 2 heterocycles. The Morgan fingerprint density at radius 2 is 1.36 bits per heavy atom. The molecule has 4 rings (SSSR count). The van der Waals surface area contributed by atoms with Crippen LogP contribution in [0.5, 0.6) is 0 Å². The molecule has 0 unspecified atom stereocenters. The van der Waals surface area contributed by atoms with Crippen molar-refractivity contribution in [3.63, 3.8) is 0 Å². The highest BCUT2D eigenvalue weighted by molar-refractivity contribution is 5.89. The third kappa shape index (κ3) is 11.0. The SMILES string of the molecule is CCN1CCN(C(=O)Nc2ccc(F)cc2)CC1.CCN1CCNCC1.O=C=Nc1ccc(F)cc1. The number of likely N-dealkylation sites (N-methyl/N-ethyl adjacent to an activating group) is 2. The van der Waals surface area contributed by atoms with E-state index in [1.807, 2.05) is 0 Å². The largest absolute Gasteiger partial charge is 0.322 e. The summed E-state index contributed by atoms with van der Waals surface area (Å²) in [6, 6.07) is 11.0. The lowest BCUT2D eigenvalue weighted by atomic mass is 10.3. The van der Waals surface area contributed by atoms with Crippen LogP contribution >= 0.6 is 0 Å². The summed E-state index contributed by atoms with van der Waals surface area (Å²) in [6.45, 7) is 14.7. The number of amides is 2. The van der Waals surface area contributed by atoms with Gasteiger partial charge in [0.15, 0.2) is 0 Å². The molecule has 0 aliphatic carbocycles. The van der Waals surface area contributed by atoms with Crippen LogP contribution in [0.25, 0.3) is 0 Å². The first-order chi connectivity index (χ1) is 17.4. The molecule has 0 aromatic heterocycles. The van der Waals surface area contributed by atoms with Crippen LogP contribution in [-0.2, 0) is 4.79 Å². The third-order valence-corrected chi connectivity index (χ3v) is 5.86. The van der Waals surface area contributed by atoms with Crippen molar-refractivity contribution in [1.82, 2.24) is 20.0 Å². The number of nitrogens with one attached hydrogen (secondary N) is 2. The van der Waals surface area contributed by atoms with Crippen LogP contribution in [0, 0.1) is 11.6 Å². The fourth-order valence-corrected chi connectivity index (χ4v) is 3.60. The average Bonchev–Trinajstić information content (AvgIpc) is 2.92. The number of isocyanates is 1. The summed E-state index contributed by atoms with van der Waals surface area (Å²) in [5, 5.41) is 6.08. The minimum Gasteiger partial charge on any atom is -0.322 e. The maximum absolute atomic E-state index is 12.7. The summed E-state index contributed by atoms with van der Waals surface area (Å²) in [4.78, 5) is 31.4. The van der Waals surface area contributed by atoms with Gasteiger partial charge in [-0.3, -0.25) is 0 Å². The summed E-state index contributed by atoms with van der Waals surface area (Å²) in [5.41, 5.74) is 1.04. The molecule has 2 aliphatic heterocycles. The number of hydrogen-bond acceptors (Lipinski definition) is 6. The van der Waals surface area contributed by atoms with Crippen molar-refractivity contribution < 1.29 is 18.4 Å². The monoisotopic (exact) mass is 502 g/mol. The number of nitrogens with zero attached hydrogens (tertiary/aromatic N) is 4. The van der Waals surface area contributed by atoms with E-state index in [1.54, 1.807) is 17.0 Å². The number of carbonyl (C=O) groups is 1. The second kappa shape index (κ2) is 16.5. The summed E-state index contributed by atoms with van der Waals surface area (Å²) in [6.07, 6.45) is 1.36. The van der Waals surface area contributed by atoms with Crippen molar-refractivity contribution in [2.24, 2.45) is 4.99 Å². The zero-order valence-electron chi connectivity index (χ0n) is 21.1. The molecule has 2 aromatic rings. The van der Waals surface area contributed by atoms with E-state index in [-0.39, 0.29) is 17.7 Å². The van der Waals surface area contributed by atoms with Crippen LogP contribution in [0.1, 0.15) is 13.8 Å². The minimum atomic E-state index is -0.343. The summed E-state index contributed by atoms with van der Waals surface area (Å²) in [7, 11) is 0. The molecule has 0 spiro atoms. The molecular formula is C26H36F2N6O2. The molecular weight excluding hydrogens is 466 g/mol. The van der Waals surface area contributed by atoms with Gasteiger partial charge in [0, 0.05) is 58.0 Å². The van der Waals surface area contributed by atoms with Crippen LogP contribution in [-0.4, -0.2) is 92.3 Å². The first-order valence-electron chi connectivity index (χ1n) is 12.3. The van der Waals surface area contributed by atoms with Crippen LogP contribution in [0.2, 0.25) is 0 Å². The molecule has 2 saturated heterocycles. The Balaban J connectivity index is 0.000000213. The van der Waals surface area contributed by atoms with Gasteiger partial charge in [0.05, 0.1) is 5.69 Å². The Morgan fingerprint density at radius 1 is 0.861 bits per heavy atom. The van der Waals surface area contributed by atoms with Gasteiger partial charge in [-0.05, 0) is 61.6 Å². The Hall–Kier alpha value is -3.17. The second-order valence-corrected chi connectivity index (χ2v) is 8.22. The van der Waals surface area contributed by atoms with E-state index in [4.69, 9.17) is 0 Å². The van der Waals surface area contributed by atoms with Gasteiger partial charge < -0.3 is 25.3 Å². The topological polar surface area (TPSA) is 80.3 Å². The third-order valence-electron chi connectivity index (χ3n) is 5.86. The highest BCUT2D eigenvalue weighted by Crippen LogP contribution is 2.11. The Kier molecular flexibility index (Phi) is 13.3. The molecule has 0 saturated carbocycles. The first kappa shape index (κ1) is 29.1. The predicted octanol–water partition coefficient (Wildman–Crippen LogP) is 3.70. The number of carbonyl (C=O) groups excluding carboxylic acids is 2. The van der Waals surface area contributed by atoms with Crippen molar-refractivity contribution >= 4 is 23.5 Å². The lowest BCUT2D eigenvalue weighted by Gasteiger charge is -2.33. The normalized spacial score (nSPS) is 15.9. The van der Waals surface area contributed by atoms with Gasteiger partial charge in [0.1, 0.15) is 11.6 Å². The van der Waals surface area contributed by atoms with Gasteiger partial charge in [-0.1, -0.05) is 13.8 Å². The first-order valence-corrected chi connectivity index (χ1v) is 12.3. The molecule has 0 radical (unpaired) electrons. The van der Waals surface area contributed by atoms with Gasteiger partial charge in [-0.25, -0.2) is 18.4 Å². The van der Waals surface area contributed by atoms with Gasteiger partial charge in [0.25, 0.3) is 0 Å². The van der Waals surface area contributed by atoms with Crippen molar-refractivity contribution in [1.29, 1.82) is 0 Å². The average molecular weight is 503 g/mol. The van der Waals surface area contributed by atoms with Crippen molar-refractivity contribution in [3.8, 4) is 0 Å². The number of hydrogen-bond donors (Lipinski definition) is 2. The highest BCUT2D eigenvalue weighted by Gasteiger charge is 2.19. The lowest BCUT2D eigenvalue weighted by molar-refractivity contribution is 0.151. The van der Waals surface area contributed by atoms with E-state index in [9.17, 15) is 18.4 Å². The predicted molar refractivity (Wildman–Crippen MR) is 138 cm³/mol. The summed E-state index contributed by atoms with van der Waals surface area (Å²) >= 11 is 0. The standard InChI is InChI=1S/C13H18FN3O.C7H4FNO.C6H14N2/c1-2-16-7-9-17(10-8-16)13(18)15-12-5-3-11(14)4-6-12;8-6-1-3-7(4-2-6)9-5-10;1-2-8-5-3-7-4-6-8/h3-6H,2,7-10H2,1H3,(H,15,18);1-4H;7H,2-6H2,1H3. The molecule has 8 nitrogen and oxygen atoms in total. The fourth-order valence-electron chi connectivity index (χ4n) is 3.60. The van der Waals surface area contributed by atoms with Crippen molar-refractivity contribution in [2.75, 3.05) is 70.8 Å². The molecule has 2 aliphatic rings. The quantitative estimate of drug-likeness (QED) is 0.492. The zero-order valence-corrected chi connectivity index (χ0v) is 21.1. The van der Waals surface area contributed by atoms with Crippen molar-refractivity contribution in [3.05, 3.63) is 60.2 Å². The van der Waals surface area contributed by atoms with Gasteiger partial charge >= 0.3 is 6.03 Å². The number of rotatable bonds is 4. The van der Waals surface area contributed by atoms with Crippen LogP contribution in [0.4, 0.5) is 25.0 Å². The maximum atomic E-state index is 12.7. The molecule has 0 atom stereocenters. The smallest absolute Gasteiger partial charge is 0.321 e. The van der Waals surface area contributed by atoms with Crippen LogP contribution in [0.15, 0.2) is 53.5 Å². The molecule has 36 heavy (non-hydrogen) atoms. The van der Waals surface area contributed by atoms with Gasteiger partial charge in [0.2, 0.25) is 6.08 Å². The Morgan fingerprint density at radius 3 is 1.83 bits per heavy atom. The molecule has 2 fully saturated rings. The summed E-state index contributed by atoms with van der Waals surface area (Å²) in [5.74, 6) is -0.644. The number of halogens is 2. The highest BCUT2D eigenvalue weighted by atomic mass is 19.1.